The summed E-state index contributed by atoms with van der Waals surface area (Å²) in [4.78, 5) is 0.720. The third-order valence-electron chi connectivity index (χ3n) is 1.46. The molecule has 2 heteroatoms. The smallest absolute Gasteiger partial charge is 0.127 e. The first-order valence-electron chi connectivity index (χ1n) is 3.07. The van der Waals surface area contributed by atoms with Crippen LogP contribution in [0.15, 0.2) is 17.0 Å². The van der Waals surface area contributed by atoms with E-state index in [1.54, 1.807) is 6.92 Å². The molecule has 0 spiro atoms. The van der Waals surface area contributed by atoms with Gasteiger partial charge in [0.05, 0.1) is 0 Å². The molecule has 0 saturated heterocycles. The van der Waals surface area contributed by atoms with E-state index in [1.807, 2.05) is 13.0 Å². The molecule has 0 fully saturated rings. The fourth-order valence-electron chi connectivity index (χ4n) is 0.796. The maximum absolute atomic E-state index is 12.8. The van der Waals surface area contributed by atoms with Crippen molar-refractivity contribution in [1.29, 1.82) is 0 Å². The molecule has 0 heterocycles. The van der Waals surface area contributed by atoms with Gasteiger partial charge in [0.25, 0.3) is 0 Å². The normalized spacial score (nSPS) is 10.0. The Morgan fingerprint density at radius 3 is 2.40 bits per heavy atom. The number of hydrogen-bond acceptors (Lipinski definition) is 1. The summed E-state index contributed by atoms with van der Waals surface area (Å²) in [5.74, 6) is -0.176. The predicted octanol–water partition coefficient (Wildman–Crippen LogP) is 2.73. The van der Waals surface area contributed by atoms with Gasteiger partial charge in [-0.25, -0.2) is 4.39 Å². The third kappa shape index (κ3) is 1.32. The highest BCUT2D eigenvalue weighted by atomic mass is 32.1. The van der Waals surface area contributed by atoms with E-state index in [-0.39, 0.29) is 5.82 Å². The predicted molar refractivity (Wildman–Crippen MR) is 43.1 cm³/mol. The Hall–Kier alpha value is -0.500. The fraction of sp³-hybridized carbons (Fsp3) is 0.250. The molecule has 0 aliphatic rings. The van der Waals surface area contributed by atoms with Gasteiger partial charge in [0.15, 0.2) is 0 Å². The molecule has 1 aromatic carbocycles. The van der Waals surface area contributed by atoms with E-state index in [9.17, 15) is 4.39 Å². The maximum atomic E-state index is 12.8. The van der Waals surface area contributed by atoms with Crippen molar-refractivity contribution in [3.05, 3.63) is 29.1 Å². The first-order valence-corrected chi connectivity index (χ1v) is 3.51. The van der Waals surface area contributed by atoms with Crippen molar-refractivity contribution in [2.24, 2.45) is 0 Å². The summed E-state index contributed by atoms with van der Waals surface area (Å²) in [5, 5.41) is 0. The van der Waals surface area contributed by atoms with Crippen LogP contribution in [0.2, 0.25) is 0 Å². The van der Waals surface area contributed by atoms with Crippen LogP contribution in [-0.4, -0.2) is 0 Å². The second kappa shape index (κ2) is 2.62. The lowest BCUT2D eigenvalue weighted by atomic mass is 10.1. The van der Waals surface area contributed by atoms with Gasteiger partial charge in [-0.15, -0.1) is 12.6 Å². The van der Waals surface area contributed by atoms with Crippen LogP contribution in [0.4, 0.5) is 4.39 Å². The van der Waals surface area contributed by atoms with E-state index < -0.39 is 0 Å². The lowest BCUT2D eigenvalue weighted by molar-refractivity contribution is 0.612. The third-order valence-corrected chi connectivity index (χ3v) is 1.93. The zero-order valence-corrected chi connectivity index (χ0v) is 6.87. The number of aryl methyl sites for hydroxylation is 1. The summed E-state index contributed by atoms with van der Waals surface area (Å²) in [6, 6.07) is 3.36. The summed E-state index contributed by atoms with van der Waals surface area (Å²) in [6.45, 7) is 3.57. The molecule has 0 aliphatic carbocycles. The van der Waals surface area contributed by atoms with Crippen molar-refractivity contribution in [2.45, 2.75) is 18.7 Å². The van der Waals surface area contributed by atoms with Gasteiger partial charge in [-0.2, -0.15) is 0 Å². The molecule has 1 rings (SSSR count). The van der Waals surface area contributed by atoms with Crippen LogP contribution < -0.4 is 0 Å². The molecule has 0 atom stereocenters. The molecule has 0 radical (unpaired) electrons. The zero-order chi connectivity index (χ0) is 7.72. The van der Waals surface area contributed by atoms with Gasteiger partial charge in [-0.1, -0.05) is 0 Å². The van der Waals surface area contributed by atoms with E-state index in [0.29, 0.717) is 5.56 Å². The molecular formula is C8H9FS. The van der Waals surface area contributed by atoms with Crippen molar-refractivity contribution >= 4 is 12.6 Å². The molecule has 0 bridgehead atoms. The highest BCUT2D eigenvalue weighted by Gasteiger charge is 2.00. The summed E-state index contributed by atoms with van der Waals surface area (Å²) in [6.07, 6.45) is 0. The van der Waals surface area contributed by atoms with Crippen LogP contribution in [0.1, 0.15) is 11.1 Å². The molecule has 10 heavy (non-hydrogen) atoms. The molecule has 0 amide bonds. The Balaban J connectivity index is 3.31. The van der Waals surface area contributed by atoms with Gasteiger partial charge in [-0.05, 0) is 37.1 Å². The fourth-order valence-corrected chi connectivity index (χ4v) is 1.11. The van der Waals surface area contributed by atoms with Crippen molar-refractivity contribution in [3.63, 3.8) is 0 Å². The largest absolute Gasteiger partial charge is 0.207 e. The van der Waals surface area contributed by atoms with E-state index >= 15 is 0 Å². The lowest BCUT2D eigenvalue weighted by Gasteiger charge is -2.00. The average molecular weight is 156 g/mol. The van der Waals surface area contributed by atoms with E-state index in [1.165, 1.54) is 6.07 Å². The van der Waals surface area contributed by atoms with Gasteiger partial charge >= 0.3 is 0 Å². The van der Waals surface area contributed by atoms with Crippen LogP contribution in [0.25, 0.3) is 0 Å². The van der Waals surface area contributed by atoms with Gasteiger partial charge in [0, 0.05) is 4.90 Å². The van der Waals surface area contributed by atoms with Crippen LogP contribution in [0.5, 0.6) is 0 Å². The van der Waals surface area contributed by atoms with Crippen molar-refractivity contribution in [2.75, 3.05) is 0 Å². The number of rotatable bonds is 0. The Morgan fingerprint density at radius 1 is 1.30 bits per heavy atom. The monoisotopic (exact) mass is 156 g/mol. The van der Waals surface area contributed by atoms with Crippen LogP contribution in [-0.2, 0) is 0 Å². The SMILES string of the molecule is Cc1cc(F)c(C)c(S)c1. The van der Waals surface area contributed by atoms with Gasteiger partial charge < -0.3 is 0 Å². The average Bonchev–Trinajstić information content (AvgIpc) is 1.82. The first-order chi connectivity index (χ1) is 4.61. The second-order valence-electron chi connectivity index (χ2n) is 2.39. The van der Waals surface area contributed by atoms with Crippen molar-refractivity contribution in [3.8, 4) is 0 Å². The molecule has 54 valence electrons. The quantitative estimate of drug-likeness (QED) is 0.548. The second-order valence-corrected chi connectivity index (χ2v) is 2.87. The van der Waals surface area contributed by atoms with Crippen molar-refractivity contribution < 1.29 is 4.39 Å². The summed E-state index contributed by atoms with van der Waals surface area (Å²) in [7, 11) is 0. The van der Waals surface area contributed by atoms with Crippen LogP contribution >= 0.6 is 12.6 Å². The lowest BCUT2D eigenvalue weighted by Crippen LogP contribution is -1.85. The summed E-state index contributed by atoms with van der Waals surface area (Å²) in [5.41, 5.74) is 1.53. The molecule has 0 N–H and O–H groups in total. The minimum Gasteiger partial charge on any atom is -0.207 e. The standard InChI is InChI=1S/C8H9FS/c1-5-3-7(9)6(2)8(10)4-5/h3-4,10H,1-2H3. The Morgan fingerprint density at radius 2 is 1.90 bits per heavy atom. The Kier molecular flexibility index (Phi) is 2.00. The number of halogens is 1. The summed E-state index contributed by atoms with van der Waals surface area (Å²) < 4.78 is 12.8. The molecule has 1 aromatic rings. The molecule has 0 nitrogen and oxygen atoms in total. The molecular weight excluding hydrogens is 147 g/mol. The number of hydrogen-bond donors (Lipinski definition) is 1. The zero-order valence-electron chi connectivity index (χ0n) is 5.98. The molecule has 0 aromatic heterocycles. The Labute approximate surface area is 65.5 Å². The molecule has 0 unspecified atom stereocenters. The van der Waals surface area contributed by atoms with Crippen molar-refractivity contribution in [1.82, 2.24) is 0 Å². The van der Waals surface area contributed by atoms with Gasteiger partial charge in [-0.3, -0.25) is 0 Å². The topological polar surface area (TPSA) is 0 Å². The van der Waals surface area contributed by atoms with Crippen LogP contribution in [0.3, 0.4) is 0 Å². The molecule has 0 aliphatic heterocycles. The van der Waals surface area contributed by atoms with Gasteiger partial charge in [0.1, 0.15) is 5.82 Å². The highest BCUT2D eigenvalue weighted by Crippen LogP contribution is 2.17. The first kappa shape index (κ1) is 7.61. The van der Waals surface area contributed by atoms with E-state index in [2.05, 4.69) is 12.6 Å². The minimum absolute atomic E-state index is 0.176. The maximum Gasteiger partial charge on any atom is 0.127 e. The minimum atomic E-state index is -0.176. The van der Waals surface area contributed by atoms with Gasteiger partial charge in [0.2, 0.25) is 0 Å². The van der Waals surface area contributed by atoms with E-state index in [4.69, 9.17) is 0 Å². The summed E-state index contributed by atoms with van der Waals surface area (Å²) >= 11 is 4.10. The number of benzene rings is 1. The van der Waals surface area contributed by atoms with E-state index in [0.717, 1.165) is 10.5 Å². The number of thiol groups is 1. The Bertz CT molecular complexity index is 232. The van der Waals surface area contributed by atoms with Crippen LogP contribution in [0, 0.1) is 19.7 Å². The molecule has 0 saturated carbocycles. The highest BCUT2D eigenvalue weighted by molar-refractivity contribution is 7.80.